The van der Waals surface area contributed by atoms with E-state index in [1.807, 2.05) is 0 Å². The molecule has 0 amide bonds. The van der Waals surface area contributed by atoms with E-state index in [0.29, 0.717) is 0 Å². The van der Waals surface area contributed by atoms with Crippen LogP contribution >= 0.6 is 0 Å². The molecule has 0 radical (unpaired) electrons. The normalized spacial score (nSPS) is 25.7. The maximum atomic E-state index is 12.3. The van der Waals surface area contributed by atoms with E-state index in [4.69, 9.17) is 5.11 Å². The Morgan fingerprint density at radius 2 is 1.38 bits per heavy atom. The summed E-state index contributed by atoms with van der Waals surface area (Å²) in [7, 11) is 0. The second kappa shape index (κ2) is 3.27. The molecule has 96 valence electrons. The van der Waals surface area contributed by atoms with E-state index in [2.05, 4.69) is 0 Å². The Hall–Kier alpha value is -0.460. The second-order valence-corrected chi connectivity index (χ2v) is 4.95. The van der Waals surface area contributed by atoms with Crippen LogP contribution in [0.1, 0.15) is 26.7 Å². The second-order valence-electron chi connectivity index (χ2n) is 4.95. The summed E-state index contributed by atoms with van der Waals surface area (Å²) in [4.78, 5) is 0. The maximum Gasteiger partial charge on any atom is 0.426 e. The first-order valence-electron chi connectivity index (χ1n) is 4.67. The van der Waals surface area contributed by atoms with Gasteiger partial charge in [0.05, 0.1) is 0 Å². The van der Waals surface area contributed by atoms with Crippen LogP contribution < -0.4 is 0 Å². The van der Waals surface area contributed by atoms with Crippen LogP contribution in [0.25, 0.3) is 0 Å². The number of halogens is 6. The summed E-state index contributed by atoms with van der Waals surface area (Å²) in [5.41, 5.74) is -5.14. The zero-order valence-corrected chi connectivity index (χ0v) is 8.71. The van der Waals surface area contributed by atoms with Gasteiger partial charge in [-0.1, -0.05) is 13.8 Å². The molecule has 0 saturated heterocycles. The van der Waals surface area contributed by atoms with Crippen LogP contribution in [0.4, 0.5) is 26.3 Å². The third kappa shape index (κ3) is 2.14. The van der Waals surface area contributed by atoms with Gasteiger partial charge in [-0.15, -0.1) is 0 Å². The van der Waals surface area contributed by atoms with Gasteiger partial charge in [-0.3, -0.25) is 0 Å². The molecular formula is C9H12F6O. The molecule has 1 nitrogen and oxygen atoms in total. The molecule has 0 aromatic rings. The lowest BCUT2D eigenvalue weighted by molar-refractivity contribution is -0.371. The van der Waals surface area contributed by atoms with Gasteiger partial charge < -0.3 is 5.11 Å². The molecule has 1 atom stereocenters. The van der Waals surface area contributed by atoms with Crippen molar-refractivity contribution in [3.05, 3.63) is 0 Å². The highest BCUT2D eigenvalue weighted by atomic mass is 19.4. The van der Waals surface area contributed by atoms with Crippen molar-refractivity contribution in [3.63, 3.8) is 0 Å². The fraction of sp³-hybridized carbons (Fsp3) is 1.00. The van der Waals surface area contributed by atoms with E-state index in [1.165, 1.54) is 0 Å². The van der Waals surface area contributed by atoms with Gasteiger partial charge >= 0.3 is 12.4 Å². The molecular weight excluding hydrogens is 238 g/mol. The average Bonchev–Trinajstić information content (AvgIpc) is 2.53. The standard InChI is InChI=1S/C9H12F6O/c1-6(2)3-5(6)4-7(16,8(10,11)12)9(13,14)15/h5,16H,3-4H2,1-2H3. The van der Waals surface area contributed by atoms with E-state index < -0.39 is 35.7 Å². The minimum absolute atomic E-state index is 0.265. The third-order valence-electron chi connectivity index (χ3n) is 3.20. The zero-order valence-electron chi connectivity index (χ0n) is 8.71. The van der Waals surface area contributed by atoms with E-state index >= 15 is 0 Å². The zero-order chi connectivity index (χ0) is 13.0. The van der Waals surface area contributed by atoms with Gasteiger partial charge in [0.1, 0.15) is 0 Å². The lowest BCUT2D eigenvalue weighted by Crippen LogP contribution is -2.57. The molecule has 16 heavy (non-hydrogen) atoms. The highest BCUT2D eigenvalue weighted by Gasteiger charge is 2.72. The number of hydrogen-bond donors (Lipinski definition) is 1. The van der Waals surface area contributed by atoms with Crippen LogP contribution in [0.15, 0.2) is 0 Å². The molecule has 0 bridgehead atoms. The van der Waals surface area contributed by atoms with Crippen LogP contribution in [0.5, 0.6) is 0 Å². The Morgan fingerprint density at radius 3 is 1.56 bits per heavy atom. The van der Waals surface area contributed by atoms with Crippen molar-refractivity contribution in [1.82, 2.24) is 0 Å². The fourth-order valence-electron chi connectivity index (χ4n) is 1.67. The molecule has 0 spiro atoms. The van der Waals surface area contributed by atoms with Crippen LogP contribution in [0.3, 0.4) is 0 Å². The van der Waals surface area contributed by atoms with Gasteiger partial charge in [0.25, 0.3) is 5.60 Å². The van der Waals surface area contributed by atoms with Crippen LogP contribution in [-0.2, 0) is 0 Å². The molecule has 1 rings (SSSR count). The number of rotatable bonds is 2. The monoisotopic (exact) mass is 250 g/mol. The van der Waals surface area contributed by atoms with Crippen LogP contribution in [0, 0.1) is 11.3 Å². The largest absolute Gasteiger partial charge is 0.426 e. The first-order chi connectivity index (χ1) is 6.81. The van der Waals surface area contributed by atoms with Crippen molar-refractivity contribution >= 4 is 0 Å². The molecule has 1 aliphatic rings. The molecule has 1 N–H and O–H groups in total. The molecule has 1 saturated carbocycles. The Labute approximate surface area is 88.4 Å². The number of hydrogen-bond acceptors (Lipinski definition) is 1. The Bertz CT molecular complexity index is 263. The van der Waals surface area contributed by atoms with Crippen molar-refractivity contribution in [2.24, 2.45) is 11.3 Å². The highest BCUT2D eigenvalue weighted by Crippen LogP contribution is 2.59. The van der Waals surface area contributed by atoms with E-state index in [9.17, 15) is 26.3 Å². The summed E-state index contributed by atoms with van der Waals surface area (Å²) in [6.45, 7) is 3.15. The van der Waals surface area contributed by atoms with Crippen molar-refractivity contribution in [2.75, 3.05) is 0 Å². The molecule has 0 aromatic carbocycles. The van der Waals surface area contributed by atoms with Gasteiger partial charge in [0.2, 0.25) is 0 Å². The number of alkyl halides is 6. The van der Waals surface area contributed by atoms with Gasteiger partial charge in [-0.2, -0.15) is 26.3 Å². The average molecular weight is 250 g/mol. The van der Waals surface area contributed by atoms with Crippen LogP contribution in [0.2, 0.25) is 0 Å². The number of aliphatic hydroxyl groups is 1. The predicted octanol–water partition coefficient (Wildman–Crippen LogP) is 3.28. The minimum atomic E-state index is -5.69. The summed E-state index contributed by atoms with van der Waals surface area (Å²) in [6.07, 6.45) is -12.4. The topological polar surface area (TPSA) is 20.2 Å². The lowest BCUT2D eigenvalue weighted by Gasteiger charge is -2.32. The summed E-state index contributed by atoms with van der Waals surface area (Å²) in [5, 5.41) is 8.88. The van der Waals surface area contributed by atoms with Crippen molar-refractivity contribution in [2.45, 2.75) is 44.6 Å². The Kier molecular flexibility index (Phi) is 2.78. The minimum Gasteiger partial charge on any atom is -0.374 e. The van der Waals surface area contributed by atoms with Crippen molar-refractivity contribution < 1.29 is 31.4 Å². The Morgan fingerprint density at radius 1 is 1.06 bits per heavy atom. The molecule has 1 aliphatic carbocycles. The van der Waals surface area contributed by atoms with E-state index in [0.717, 1.165) is 0 Å². The lowest BCUT2D eigenvalue weighted by atomic mass is 9.92. The smallest absolute Gasteiger partial charge is 0.374 e. The highest BCUT2D eigenvalue weighted by molar-refractivity contribution is 5.04. The van der Waals surface area contributed by atoms with E-state index in [-0.39, 0.29) is 6.42 Å². The first kappa shape index (κ1) is 13.6. The molecule has 0 heterocycles. The molecule has 1 fully saturated rings. The molecule has 0 aliphatic heterocycles. The van der Waals surface area contributed by atoms with E-state index in [1.54, 1.807) is 13.8 Å². The van der Waals surface area contributed by atoms with Gasteiger partial charge in [0.15, 0.2) is 0 Å². The molecule has 7 heteroatoms. The third-order valence-corrected chi connectivity index (χ3v) is 3.20. The summed E-state index contributed by atoms with van der Waals surface area (Å²) < 4.78 is 73.6. The molecule has 1 unspecified atom stereocenters. The van der Waals surface area contributed by atoms with Gasteiger partial charge in [0, 0.05) is 0 Å². The van der Waals surface area contributed by atoms with Crippen molar-refractivity contribution in [1.29, 1.82) is 0 Å². The summed E-state index contributed by atoms with van der Waals surface area (Å²) in [6, 6.07) is 0. The quantitative estimate of drug-likeness (QED) is 0.746. The predicted molar refractivity (Wildman–Crippen MR) is 43.6 cm³/mol. The fourth-order valence-corrected chi connectivity index (χ4v) is 1.67. The SMILES string of the molecule is CC1(C)CC1CC(O)(C(F)(F)F)C(F)(F)F. The van der Waals surface area contributed by atoms with Gasteiger partial charge in [-0.05, 0) is 24.2 Å². The van der Waals surface area contributed by atoms with Crippen molar-refractivity contribution in [3.8, 4) is 0 Å². The summed E-state index contributed by atoms with van der Waals surface area (Å²) >= 11 is 0. The summed E-state index contributed by atoms with van der Waals surface area (Å²) in [5.74, 6) is -0.749. The van der Waals surface area contributed by atoms with Gasteiger partial charge in [-0.25, -0.2) is 0 Å². The maximum absolute atomic E-state index is 12.3. The molecule has 0 aromatic heterocycles. The Balaban J connectivity index is 2.90. The first-order valence-corrected chi connectivity index (χ1v) is 4.67. The van der Waals surface area contributed by atoms with Crippen LogP contribution in [-0.4, -0.2) is 23.1 Å².